The number of aliphatic hydroxyl groups is 1. The van der Waals surface area contributed by atoms with Gasteiger partial charge in [-0.25, -0.2) is 19.0 Å². The van der Waals surface area contributed by atoms with Crippen molar-refractivity contribution in [3.05, 3.63) is 121 Å². The fourth-order valence-corrected chi connectivity index (χ4v) is 9.33. The van der Waals surface area contributed by atoms with Crippen molar-refractivity contribution in [2.75, 3.05) is 26.4 Å². The van der Waals surface area contributed by atoms with Crippen molar-refractivity contribution in [1.82, 2.24) is 25.1 Å². The first kappa shape index (κ1) is 38.1. The molecule has 0 saturated carbocycles. The zero-order valence-electron chi connectivity index (χ0n) is 32.3. The first-order chi connectivity index (χ1) is 28.4. The van der Waals surface area contributed by atoms with E-state index in [4.69, 9.17) is 14.5 Å². The van der Waals surface area contributed by atoms with E-state index in [1.165, 1.54) is 10.6 Å². The van der Waals surface area contributed by atoms with Crippen molar-refractivity contribution in [3.8, 4) is 22.5 Å². The van der Waals surface area contributed by atoms with Crippen molar-refractivity contribution in [3.63, 3.8) is 0 Å². The van der Waals surface area contributed by atoms with Crippen molar-refractivity contribution < 1.29 is 43.3 Å². The predicted octanol–water partition coefficient (Wildman–Crippen LogP) is 4.51. The summed E-state index contributed by atoms with van der Waals surface area (Å²) in [6, 6.07) is 18.0. The lowest BCUT2D eigenvalue weighted by molar-refractivity contribution is -0.172. The van der Waals surface area contributed by atoms with Crippen LogP contribution in [0.1, 0.15) is 76.2 Å². The molecule has 4 N–H and O–H groups in total. The van der Waals surface area contributed by atoms with Crippen molar-refractivity contribution in [1.29, 1.82) is 0 Å². The molecule has 2 aliphatic carbocycles. The fraction of sp³-hybridized carbons (Fsp3) is 0.318. The Morgan fingerprint density at radius 3 is 2.44 bits per heavy atom. The van der Waals surface area contributed by atoms with Crippen molar-refractivity contribution in [2.45, 2.75) is 63.8 Å². The molecule has 14 nitrogen and oxygen atoms in total. The van der Waals surface area contributed by atoms with E-state index in [0.717, 1.165) is 32.7 Å². The number of halogens is 1. The van der Waals surface area contributed by atoms with Gasteiger partial charge in [-0.1, -0.05) is 55.5 Å². The average molecular weight is 802 g/mol. The number of esters is 1. The van der Waals surface area contributed by atoms with Gasteiger partial charge < -0.3 is 34.9 Å². The maximum Gasteiger partial charge on any atom is 0.407 e. The van der Waals surface area contributed by atoms with Gasteiger partial charge in [-0.2, -0.15) is 0 Å². The molecular weight excluding hydrogens is 762 g/mol. The molecule has 0 fully saturated rings. The summed E-state index contributed by atoms with van der Waals surface area (Å²) in [6.07, 6.45) is -0.417. The smallest absolute Gasteiger partial charge is 0.407 e. The molecule has 5 aromatic rings. The minimum absolute atomic E-state index is 0.0230. The van der Waals surface area contributed by atoms with Gasteiger partial charge in [0.05, 0.1) is 35.1 Å². The maximum atomic E-state index is 15.3. The molecule has 3 aromatic carbocycles. The lowest BCUT2D eigenvalue weighted by atomic mass is 9.81. The predicted molar refractivity (Wildman–Crippen MR) is 211 cm³/mol. The summed E-state index contributed by atoms with van der Waals surface area (Å²) in [6.45, 7) is 1.96. The summed E-state index contributed by atoms with van der Waals surface area (Å²) < 4.78 is 27.5. The molecule has 302 valence electrons. The quantitative estimate of drug-likeness (QED) is 0.0872. The lowest BCUT2D eigenvalue weighted by Gasteiger charge is -2.31. The number of aryl methyl sites for hydroxylation is 1. The standard InChI is InChI=1S/C44H40FN5O9/c1-3-44(57)31-14-35-40-29(17-50(35)41(53)30(31)19-59-42(44)54)39-33(13-12-23-22(2)32(45)15-34(48-40)38(23)39)47-37(52)20-58-21-46-36(51)18-49(43(55)56)16-28-26-10-6-4-8-24(26)25-9-5-7-11-27(25)28/h4-11,14-15,28,33,57H,3,12-13,16-21H2,1-2H3,(H,46,51)(H,47,52)(H,55,56)/t33-,44-/m0/s1. The normalized spacial score (nSPS) is 18.3. The number of nitrogens with one attached hydrogen (secondary N) is 2. The third kappa shape index (κ3) is 6.14. The molecule has 0 saturated heterocycles. The monoisotopic (exact) mass is 801 g/mol. The van der Waals surface area contributed by atoms with E-state index >= 15 is 4.39 Å². The Hall–Kier alpha value is -6.45. The highest BCUT2D eigenvalue weighted by Gasteiger charge is 2.46. The molecule has 9 rings (SSSR count). The van der Waals surface area contributed by atoms with E-state index in [1.807, 2.05) is 48.5 Å². The van der Waals surface area contributed by atoms with Crippen LogP contribution in [-0.2, 0) is 49.0 Å². The molecule has 0 spiro atoms. The number of aromatic nitrogens is 2. The topological polar surface area (TPSA) is 189 Å². The van der Waals surface area contributed by atoms with E-state index in [1.54, 1.807) is 19.9 Å². The second-order valence-corrected chi connectivity index (χ2v) is 15.5. The van der Waals surface area contributed by atoms with Crippen molar-refractivity contribution in [2.24, 2.45) is 0 Å². The van der Waals surface area contributed by atoms with Gasteiger partial charge >= 0.3 is 12.1 Å². The van der Waals surface area contributed by atoms with Crippen LogP contribution in [-0.4, -0.2) is 75.0 Å². The number of amides is 3. The largest absolute Gasteiger partial charge is 0.465 e. The molecular formula is C44H40FN5O9. The number of fused-ring (bicyclic) bond motifs is 8. The third-order valence-corrected chi connectivity index (χ3v) is 12.3. The summed E-state index contributed by atoms with van der Waals surface area (Å²) in [7, 11) is 0. The number of carboxylic acid groups (broad SMARTS) is 1. The minimum Gasteiger partial charge on any atom is -0.465 e. The number of hydrogen-bond acceptors (Lipinski definition) is 9. The van der Waals surface area contributed by atoms with Crippen LogP contribution in [0.15, 0.2) is 65.5 Å². The molecule has 59 heavy (non-hydrogen) atoms. The minimum atomic E-state index is -2.02. The zero-order chi connectivity index (χ0) is 41.3. The molecule has 3 amide bonds. The van der Waals surface area contributed by atoms with Gasteiger partial charge in [0.25, 0.3) is 5.56 Å². The highest BCUT2D eigenvalue weighted by molar-refractivity contribution is 5.94. The Morgan fingerprint density at radius 1 is 1.03 bits per heavy atom. The first-order valence-electron chi connectivity index (χ1n) is 19.5. The Kier molecular flexibility index (Phi) is 9.31. The average Bonchev–Trinajstić information content (AvgIpc) is 3.76. The Bertz CT molecular complexity index is 2670. The second-order valence-electron chi connectivity index (χ2n) is 15.5. The Morgan fingerprint density at radius 2 is 1.75 bits per heavy atom. The summed E-state index contributed by atoms with van der Waals surface area (Å²) in [5, 5.41) is 27.6. The molecule has 0 radical (unpaired) electrons. The van der Waals surface area contributed by atoms with Crippen molar-refractivity contribution >= 4 is 34.8 Å². The molecule has 0 bridgehead atoms. The third-order valence-electron chi connectivity index (χ3n) is 12.3. The van der Waals surface area contributed by atoms with Gasteiger partial charge in [0.1, 0.15) is 32.3 Å². The van der Waals surface area contributed by atoms with Gasteiger partial charge in [-0.15, -0.1) is 0 Å². The van der Waals surface area contributed by atoms with E-state index in [2.05, 4.69) is 10.6 Å². The Balaban J connectivity index is 0.900. The second kappa shape index (κ2) is 14.4. The van der Waals surface area contributed by atoms with Crippen LogP contribution < -0.4 is 16.2 Å². The maximum absolute atomic E-state index is 15.3. The molecule has 15 heteroatoms. The van der Waals surface area contributed by atoms with Crippen LogP contribution in [0, 0.1) is 12.7 Å². The summed E-state index contributed by atoms with van der Waals surface area (Å²) in [4.78, 5) is 71.1. The van der Waals surface area contributed by atoms with Crippen LogP contribution in [0.5, 0.6) is 0 Å². The van der Waals surface area contributed by atoms with Gasteiger partial charge in [-0.05, 0) is 71.2 Å². The first-order valence-corrected chi connectivity index (χ1v) is 19.5. The van der Waals surface area contributed by atoms with Crippen LogP contribution in [0.3, 0.4) is 0 Å². The highest BCUT2D eigenvalue weighted by Crippen LogP contribution is 2.47. The number of ether oxygens (including phenoxy) is 2. The number of nitrogens with zero attached hydrogens (tertiary/aromatic N) is 3. The van der Waals surface area contributed by atoms with Gasteiger partial charge in [0.15, 0.2) is 5.60 Å². The number of carbonyl (C=O) groups excluding carboxylic acids is 3. The summed E-state index contributed by atoms with van der Waals surface area (Å²) in [5.41, 5.74) is 5.57. The van der Waals surface area contributed by atoms with Crippen LogP contribution in [0.2, 0.25) is 0 Å². The van der Waals surface area contributed by atoms with E-state index in [9.17, 15) is 34.2 Å². The van der Waals surface area contributed by atoms with Crippen LogP contribution in [0.4, 0.5) is 9.18 Å². The number of carbonyl (C=O) groups is 4. The molecule has 2 aliphatic heterocycles. The molecule has 4 heterocycles. The number of pyridine rings is 2. The zero-order valence-corrected chi connectivity index (χ0v) is 32.3. The van der Waals surface area contributed by atoms with Gasteiger partial charge in [0, 0.05) is 35.0 Å². The van der Waals surface area contributed by atoms with Gasteiger partial charge in [-0.3, -0.25) is 19.3 Å². The van der Waals surface area contributed by atoms with Crippen LogP contribution in [0.25, 0.3) is 33.4 Å². The van der Waals surface area contributed by atoms with E-state index < -0.39 is 60.0 Å². The molecule has 2 atom stereocenters. The number of hydrogen-bond donors (Lipinski definition) is 4. The number of rotatable bonds is 10. The lowest BCUT2D eigenvalue weighted by Crippen LogP contribution is -2.44. The Labute approximate surface area is 336 Å². The summed E-state index contributed by atoms with van der Waals surface area (Å²) in [5.74, 6) is -2.62. The fourth-order valence-electron chi connectivity index (χ4n) is 9.33. The molecule has 2 aromatic heterocycles. The molecule has 4 aliphatic rings. The summed E-state index contributed by atoms with van der Waals surface area (Å²) >= 11 is 0. The van der Waals surface area contributed by atoms with E-state index in [-0.39, 0.29) is 49.9 Å². The SMILES string of the molecule is CC[C@@]1(O)C(=O)OCc2c1cc1n(c2=O)Cc2c-1nc1cc(F)c(C)c3c1c2[C@@H](NC(=O)COCNC(=O)CN(CC1c2ccccc2-c2ccccc21)C(=O)O)CC3. The van der Waals surface area contributed by atoms with Gasteiger partial charge in [0.2, 0.25) is 11.8 Å². The number of benzene rings is 3. The van der Waals surface area contributed by atoms with E-state index in [0.29, 0.717) is 51.8 Å². The van der Waals surface area contributed by atoms with Crippen LogP contribution >= 0.6 is 0 Å². The number of cyclic esters (lactones) is 1. The highest BCUT2D eigenvalue weighted by atomic mass is 19.1. The molecule has 0 unspecified atom stereocenters.